The molecule has 0 N–H and O–H groups in total. The van der Waals surface area contributed by atoms with Crippen molar-refractivity contribution in [1.82, 2.24) is 0 Å². The van der Waals surface area contributed by atoms with Crippen LogP contribution in [-0.4, -0.2) is 5.78 Å². The van der Waals surface area contributed by atoms with Crippen LogP contribution < -0.4 is 0 Å². The molecule has 13 heavy (non-hydrogen) atoms. The van der Waals surface area contributed by atoms with Gasteiger partial charge in [0.2, 0.25) is 0 Å². The van der Waals surface area contributed by atoms with Crippen LogP contribution in [0.3, 0.4) is 0 Å². The van der Waals surface area contributed by atoms with Crippen LogP contribution in [0.2, 0.25) is 0 Å². The maximum absolute atomic E-state index is 12.5. The largest absolute Gasteiger partial charge is 0.294 e. The topological polar surface area (TPSA) is 17.1 Å². The van der Waals surface area contributed by atoms with Gasteiger partial charge in [0.1, 0.15) is 0 Å². The Morgan fingerprint density at radius 3 is 2.46 bits per heavy atom. The van der Waals surface area contributed by atoms with E-state index in [-0.39, 0.29) is 21.4 Å². The Labute approximate surface area is 82.9 Å². The molecule has 0 bridgehead atoms. The molecule has 70 valence electrons. The lowest BCUT2D eigenvalue weighted by Gasteiger charge is -2.07. The summed E-state index contributed by atoms with van der Waals surface area (Å²) in [6.07, 6.45) is -2.63. The third-order valence-electron chi connectivity index (χ3n) is 1.65. The molecule has 0 atom stereocenters. The summed E-state index contributed by atoms with van der Waals surface area (Å²) >= 11 is 2.98. The average molecular weight is 249 g/mol. The summed E-state index contributed by atoms with van der Waals surface area (Å²) in [6.45, 7) is 1.27. The Hall–Kier alpha value is -0.770. The molecule has 4 heteroatoms. The summed E-state index contributed by atoms with van der Waals surface area (Å²) in [5.41, 5.74) is -0.153. The lowest BCUT2D eigenvalue weighted by atomic mass is 10.1. The lowest BCUT2D eigenvalue weighted by Crippen LogP contribution is -2.00. The van der Waals surface area contributed by atoms with Crippen molar-refractivity contribution in [3.8, 4) is 0 Å². The fourth-order valence-corrected chi connectivity index (χ4v) is 1.61. The van der Waals surface area contributed by atoms with E-state index in [2.05, 4.69) is 15.9 Å². The van der Waals surface area contributed by atoms with Gasteiger partial charge >= 0.3 is 0 Å². The minimum absolute atomic E-state index is 0.0735. The fourth-order valence-electron chi connectivity index (χ4n) is 1.07. The Kier molecular flexibility index (Phi) is 3.14. The Morgan fingerprint density at radius 1 is 1.46 bits per heavy atom. The van der Waals surface area contributed by atoms with Crippen LogP contribution >= 0.6 is 15.9 Å². The van der Waals surface area contributed by atoms with Gasteiger partial charge in [0.15, 0.2) is 5.78 Å². The van der Waals surface area contributed by atoms with Gasteiger partial charge in [0.05, 0.1) is 0 Å². The van der Waals surface area contributed by atoms with Gasteiger partial charge in [-0.2, -0.15) is 0 Å². The number of carbonyl (C=O) groups is 1. The number of Topliss-reactive ketones (excluding diaryl/α,β-unsaturated/α-hetero) is 1. The number of carbonyl (C=O) groups excluding carboxylic acids is 1. The van der Waals surface area contributed by atoms with Crippen molar-refractivity contribution in [3.63, 3.8) is 0 Å². The van der Waals surface area contributed by atoms with Crippen LogP contribution in [-0.2, 0) is 0 Å². The molecule has 0 amide bonds. The van der Waals surface area contributed by atoms with Gasteiger partial charge in [-0.15, -0.1) is 0 Å². The third-order valence-corrected chi connectivity index (χ3v) is 2.34. The van der Waals surface area contributed by atoms with Crippen molar-refractivity contribution in [3.05, 3.63) is 33.8 Å². The zero-order valence-corrected chi connectivity index (χ0v) is 8.44. The van der Waals surface area contributed by atoms with Gasteiger partial charge in [-0.25, -0.2) is 8.78 Å². The molecule has 0 spiro atoms. The van der Waals surface area contributed by atoms with E-state index in [1.54, 1.807) is 6.07 Å². The second-order valence-electron chi connectivity index (χ2n) is 2.56. The molecule has 0 saturated heterocycles. The number of rotatable bonds is 2. The molecule has 0 heterocycles. The van der Waals surface area contributed by atoms with E-state index >= 15 is 0 Å². The van der Waals surface area contributed by atoms with E-state index < -0.39 is 6.43 Å². The minimum Gasteiger partial charge on any atom is -0.294 e. The van der Waals surface area contributed by atoms with Crippen molar-refractivity contribution in [2.75, 3.05) is 0 Å². The monoisotopic (exact) mass is 248 g/mol. The van der Waals surface area contributed by atoms with E-state index in [0.29, 0.717) is 0 Å². The highest BCUT2D eigenvalue weighted by atomic mass is 79.9. The first-order valence-electron chi connectivity index (χ1n) is 3.61. The van der Waals surface area contributed by atoms with Crippen LogP contribution in [0.15, 0.2) is 22.7 Å². The molecular weight excluding hydrogens is 242 g/mol. The standard InChI is InChI=1S/C9H7BrF2O/c1-5(13)6-3-2-4-7(10)8(6)9(11)12/h2-4,9H,1H3. The van der Waals surface area contributed by atoms with E-state index in [0.717, 1.165) is 0 Å². The van der Waals surface area contributed by atoms with Gasteiger partial charge in [0.25, 0.3) is 6.43 Å². The molecule has 0 aliphatic heterocycles. The first-order valence-corrected chi connectivity index (χ1v) is 4.41. The maximum atomic E-state index is 12.5. The van der Waals surface area contributed by atoms with Crippen molar-refractivity contribution in [2.24, 2.45) is 0 Å². The highest BCUT2D eigenvalue weighted by Crippen LogP contribution is 2.30. The van der Waals surface area contributed by atoms with Crippen LogP contribution in [0.1, 0.15) is 29.3 Å². The molecule has 1 nitrogen and oxygen atoms in total. The molecule has 0 unspecified atom stereocenters. The Morgan fingerprint density at radius 2 is 2.08 bits per heavy atom. The SMILES string of the molecule is CC(=O)c1cccc(Br)c1C(F)F. The number of alkyl halides is 2. The number of hydrogen-bond acceptors (Lipinski definition) is 1. The summed E-state index contributed by atoms with van der Waals surface area (Å²) < 4.78 is 25.2. The molecule has 0 fully saturated rings. The summed E-state index contributed by atoms with van der Waals surface area (Å²) in [5, 5.41) is 0. The first kappa shape index (κ1) is 10.3. The highest BCUT2D eigenvalue weighted by Gasteiger charge is 2.18. The maximum Gasteiger partial charge on any atom is 0.265 e. The van der Waals surface area contributed by atoms with Crippen molar-refractivity contribution in [1.29, 1.82) is 0 Å². The lowest BCUT2D eigenvalue weighted by molar-refractivity contribution is 0.0998. The van der Waals surface area contributed by atoms with Gasteiger partial charge in [-0.05, 0) is 13.0 Å². The molecule has 0 radical (unpaired) electrons. The predicted octanol–water partition coefficient (Wildman–Crippen LogP) is 3.59. The summed E-state index contributed by atoms with van der Waals surface area (Å²) in [5.74, 6) is -0.350. The highest BCUT2D eigenvalue weighted by molar-refractivity contribution is 9.10. The van der Waals surface area contributed by atoms with E-state index in [1.165, 1.54) is 19.1 Å². The van der Waals surface area contributed by atoms with Gasteiger partial charge in [-0.1, -0.05) is 28.1 Å². The van der Waals surface area contributed by atoms with Crippen LogP contribution in [0.5, 0.6) is 0 Å². The number of benzene rings is 1. The molecule has 1 aromatic carbocycles. The van der Waals surface area contributed by atoms with E-state index in [9.17, 15) is 13.6 Å². The second-order valence-corrected chi connectivity index (χ2v) is 3.41. The van der Waals surface area contributed by atoms with Crippen molar-refractivity contribution >= 4 is 21.7 Å². The van der Waals surface area contributed by atoms with Crippen molar-refractivity contribution < 1.29 is 13.6 Å². The molecule has 0 aliphatic carbocycles. The van der Waals surface area contributed by atoms with E-state index in [1.807, 2.05) is 0 Å². The molecule has 0 aliphatic rings. The summed E-state index contributed by atoms with van der Waals surface area (Å²) in [6, 6.07) is 4.45. The zero-order valence-electron chi connectivity index (χ0n) is 6.85. The number of ketones is 1. The van der Waals surface area contributed by atoms with Gasteiger partial charge < -0.3 is 0 Å². The quantitative estimate of drug-likeness (QED) is 0.732. The predicted molar refractivity (Wildman–Crippen MR) is 49.1 cm³/mol. The average Bonchev–Trinajstić information content (AvgIpc) is 2.02. The Balaban J connectivity index is 3.34. The number of halogens is 3. The third kappa shape index (κ3) is 2.12. The minimum atomic E-state index is -2.63. The van der Waals surface area contributed by atoms with E-state index in [4.69, 9.17) is 0 Å². The van der Waals surface area contributed by atoms with Crippen LogP contribution in [0.4, 0.5) is 8.78 Å². The van der Waals surface area contributed by atoms with Gasteiger partial charge in [-0.3, -0.25) is 4.79 Å². The van der Waals surface area contributed by atoms with Crippen LogP contribution in [0, 0.1) is 0 Å². The first-order chi connectivity index (χ1) is 6.04. The molecule has 1 aromatic rings. The molecule has 0 saturated carbocycles. The summed E-state index contributed by atoms with van der Waals surface area (Å²) in [4.78, 5) is 11.0. The smallest absolute Gasteiger partial charge is 0.265 e. The summed E-state index contributed by atoms with van der Waals surface area (Å²) in [7, 11) is 0. The molecule has 1 rings (SSSR count). The van der Waals surface area contributed by atoms with Crippen molar-refractivity contribution in [2.45, 2.75) is 13.3 Å². The zero-order chi connectivity index (χ0) is 10.0. The van der Waals surface area contributed by atoms with Crippen LogP contribution in [0.25, 0.3) is 0 Å². The Bertz CT molecular complexity index is 336. The van der Waals surface area contributed by atoms with Gasteiger partial charge in [0, 0.05) is 15.6 Å². The second kappa shape index (κ2) is 3.96. The normalized spacial score (nSPS) is 10.5. The molecular formula is C9H7BrF2O. The fraction of sp³-hybridized carbons (Fsp3) is 0.222. The molecule has 0 aromatic heterocycles. The number of hydrogen-bond donors (Lipinski definition) is 0.